The molecule has 0 aliphatic carbocycles. The van der Waals surface area contributed by atoms with Gasteiger partial charge in [-0.3, -0.25) is 4.68 Å². The third-order valence-electron chi connectivity index (χ3n) is 2.47. The molecule has 6 nitrogen and oxygen atoms in total. The van der Waals surface area contributed by atoms with Gasteiger partial charge in [-0.05, 0) is 13.0 Å². The van der Waals surface area contributed by atoms with Gasteiger partial charge >= 0.3 is 6.18 Å². The highest BCUT2D eigenvalue weighted by Gasteiger charge is 2.38. The van der Waals surface area contributed by atoms with E-state index < -0.39 is 12.0 Å². The largest absolute Gasteiger partial charge is 0.453 e. The third kappa shape index (κ3) is 1.87. The van der Waals surface area contributed by atoms with Crippen LogP contribution < -0.4 is 0 Å². The minimum Gasteiger partial charge on any atom is -0.265 e. The zero-order valence-corrected chi connectivity index (χ0v) is 10.6. The number of hydrogen-bond acceptors (Lipinski definition) is 5. The molecule has 3 rings (SSSR count). The maximum absolute atomic E-state index is 12.7. The van der Waals surface area contributed by atoms with Gasteiger partial charge in [-0.1, -0.05) is 11.3 Å². The fraction of sp³-hybridized carbons (Fsp3) is 0.333. The van der Waals surface area contributed by atoms with Gasteiger partial charge in [0.1, 0.15) is 0 Å². The Morgan fingerprint density at radius 2 is 1.95 bits per heavy atom. The molecule has 0 aliphatic rings. The Balaban J connectivity index is 2.18. The molecule has 100 valence electrons. The molecule has 0 saturated heterocycles. The highest BCUT2D eigenvalue weighted by atomic mass is 32.1. The van der Waals surface area contributed by atoms with Crippen LogP contribution >= 0.6 is 11.3 Å². The molecule has 0 radical (unpaired) electrons. The summed E-state index contributed by atoms with van der Waals surface area (Å²) in [4.78, 5) is 0.0983. The van der Waals surface area contributed by atoms with Crippen molar-refractivity contribution in [1.82, 2.24) is 29.6 Å². The number of hydrogen-bond donors (Lipinski definition) is 0. The highest BCUT2D eigenvalue weighted by molar-refractivity contribution is 7.19. The minimum absolute atomic E-state index is 0.0983. The van der Waals surface area contributed by atoms with Crippen molar-refractivity contribution in [2.24, 2.45) is 7.05 Å². The molecule has 10 heteroatoms. The van der Waals surface area contributed by atoms with Crippen LogP contribution in [0.4, 0.5) is 13.2 Å². The Kier molecular flexibility index (Phi) is 2.39. The zero-order chi connectivity index (χ0) is 13.8. The van der Waals surface area contributed by atoms with Crippen LogP contribution in [0.1, 0.15) is 11.5 Å². The number of fused-ring (bicyclic) bond motifs is 1. The van der Waals surface area contributed by atoms with Gasteiger partial charge in [0, 0.05) is 7.05 Å². The molecule has 3 heterocycles. The van der Waals surface area contributed by atoms with E-state index in [9.17, 15) is 13.2 Å². The van der Waals surface area contributed by atoms with E-state index in [-0.39, 0.29) is 4.96 Å². The maximum Gasteiger partial charge on any atom is 0.453 e. The molecule has 0 spiro atoms. The van der Waals surface area contributed by atoms with E-state index in [4.69, 9.17) is 0 Å². The van der Waals surface area contributed by atoms with E-state index in [1.54, 1.807) is 24.7 Å². The molecule has 0 unspecified atom stereocenters. The quantitative estimate of drug-likeness (QED) is 0.686. The maximum atomic E-state index is 12.7. The molecule has 0 aliphatic heterocycles. The van der Waals surface area contributed by atoms with Gasteiger partial charge in [-0.25, -0.2) is 0 Å². The molecule has 0 aromatic carbocycles. The smallest absolute Gasteiger partial charge is 0.265 e. The molecule has 0 bridgehead atoms. The lowest BCUT2D eigenvalue weighted by atomic mass is 10.4. The summed E-state index contributed by atoms with van der Waals surface area (Å²) in [6, 6.07) is 1.75. The molecule has 19 heavy (non-hydrogen) atoms. The first-order valence-corrected chi connectivity index (χ1v) is 5.98. The predicted octanol–water partition coefficient (Wildman–Crippen LogP) is 1.91. The van der Waals surface area contributed by atoms with Crippen molar-refractivity contribution in [2.75, 3.05) is 0 Å². The van der Waals surface area contributed by atoms with E-state index in [0.717, 1.165) is 17.0 Å². The van der Waals surface area contributed by atoms with Crippen molar-refractivity contribution >= 4 is 16.3 Å². The van der Waals surface area contributed by atoms with Crippen LogP contribution in [0.15, 0.2) is 6.07 Å². The predicted molar refractivity (Wildman–Crippen MR) is 60.6 cm³/mol. The van der Waals surface area contributed by atoms with Crippen molar-refractivity contribution in [3.63, 3.8) is 0 Å². The zero-order valence-electron chi connectivity index (χ0n) is 9.80. The van der Waals surface area contributed by atoms with Crippen LogP contribution in [0, 0.1) is 6.92 Å². The van der Waals surface area contributed by atoms with Crippen LogP contribution in [-0.4, -0.2) is 29.6 Å². The number of alkyl halides is 3. The molecule has 3 aromatic rings. The van der Waals surface area contributed by atoms with E-state index in [2.05, 4.69) is 20.4 Å². The second kappa shape index (κ2) is 3.76. The summed E-state index contributed by atoms with van der Waals surface area (Å²) in [5.74, 6) is -1.12. The molecular weight excluding hydrogens is 281 g/mol. The first kappa shape index (κ1) is 12.1. The normalized spacial score (nSPS) is 12.5. The fourth-order valence-corrected chi connectivity index (χ4v) is 2.59. The van der Waals surface area contributed by atoms with Gasteiger partial charge < -0.3 is 0 Å². The van der Waals surface area contributed by atoms with Crippen molar-refractivity contribution in [1.29, 1.82) is 0 Å². The second-order valence-corrected chi connectivity index (χ2v) is 4.87. The average Bonchev–Trinajstić information content (AvgIpc) is 2.88. The molecule has 0 amide bonds. The van der Waals surface area contributed by atoms with Crippen LogP contribution in [0.2, 0.25) is 0 Å². The summed E-state index contributed by atoms with van der Waals surface area (Å²) in [6.07, 6.45) is -4.58. The van der Waals surface area contributed by atoms with Crippen LogP contribution in [0.3, 0.4) is 0 Å². The number of nitrogens with zero attached hydrogens (tertiary/aromatic N) is 6. The van der Waals surface area contributed by atoms with Gasteiger partial charge in [0.05, 0.1) is 11.4 Å². The molecular formula is C9H7F3N6S. The first-order valence-electron chi connectivity index (χ1n) is 5.17. The van der Waals surface area contributed by atoms with Crippen LogP contribution in [-0.2, 0) is 13.2 Å². The molecule has 0 atom stereocenters. The highest BCUT2D eigenvalue weighted by Crippen LogP contribution is 2.31. The van der Waals surface area contributed by atoms with E-state index in [1.807, 2.05) is 0 Å². The monoisotopic (exact) mass is 288 g/mol. The van der Waals surface area contributed by atoms with E-state index in [1.165, 1.54) is 0 Å². The van der Waals surface area contributed by atoms with Gasteiger partial charge in [-0.2, -0.15) is 27.9 Å². The SMILES string of the molecule is Cc1cc(-c2nn3c(C(F)(F)F)nnc3s2)n(C)n1. The third-order valence-corrected chi connectivity index (χ3v) is 3.39. The Morgan fingerprint density at radius 3 is 2.53 bits per heavy atom. The molecule has 0 fully saturated rings. The van der Waals surface area contributed by atoms with Gasteiger partial charge in [0.2, 0.25) is 4.96 Å². The average molecular weight is 288 g/mol. The van der Waals surface area contributed by atoms with Crippen molar-refractivity contribution < 1.29 is 13.2 Å². The molecule has 0 N–H and O–H groups in total. The molecule has 0 saturated carbocycles. The summed E-state index contributed by atoms with van der Waals surface area (Å²) in [5.41, 5.74) is 1.40. The van der Waals surface area contributed by atoms with Crippen molar-refractivity contribution in [2.45, 2.75) is 13.1 Å². The van der Waals surface area contributed by atoms with E-state index in [0.29, 0.717) is 15.2 Å². The topological polar surface area (TPSA) is 60.9 Å². The second-order valence-electron chi connectivity index (χ2n) is 3.92. The Labute approximate surface area is 108 Å². The van der Waals surface area contributed by atoms with Gasteiger partial charge in [0.25, 0.3) is 5.82 Å². The lowest BCUT2D eigenvalue weighted by Crippen LogP contribution is -2.11. The number of halogens is 3. The summed E-state index contributed by atoms with van der Waals surface area (Å²) >= 11 is 1.03. The number of rotatable bonds is 1. The number of aromatic nitrogens is 6. The fourth-order valence-electron chi connectivity index (χ4n) is 1.71. The standard InChI is InChI=1S/C9H7F3N6S/c1-4-3-5(17(2)15-4)6-16-18-7(9(10,11)12)13-14-8(18)19-6/h3H,1-2H3. The summed E-state index contributed by atoms with van der Waals surface area (Å²) < 4.78 is 40.3. The first-order chi connectivity index (χ1) is 8.86. The molecule has 3 aromatic heterocycles. The van der Waals surface area contributed by atoms with E-state index >= 15 is 0 Å². The Morgan fingerprint density at radius 1 is 1.21 bits per heavy atom. The Bertz CT molecular complexity index is 752. The summed E-state index contributed by atoms with van der Waals surface area (Å²) in [6.45, 7) is 1.80. The van der Waals surface area contributed by atoms with Crippen LogP contribution in [0.5, 0.6) is 0 Å². The number of aryl methyl sites for hydroxylation is 2. The van der Waals surface area contributed by atoms with Gasteiger partial charge in [0.15, 0.2) is 5.01 Å². The Hall–Kier alpha value is -1.97. The van der Waals surface area contributed by atoms with Crippen molar-refractivity contribution in [3.05, 3.63) is 17.6 Å². The lowest BCUT2D eigenvalue weighted by Gasteiger charge is -2.00. The summed E-state index contributed by atoms with van der Waals surface area (Å²) in [5, 5.41) is 15.0. The summed E-state index contributed by atoms with van der Waals surface area (Å²) in [7, 11) is 1.70. The van der Waals surface area contributed by atoms with Crippen LogP contribution in [0.25, 0.3) is 15.7 Å². The lowest BCUT2D eigenvalue weighted by molar-refractivity contribution is -0.146. The van der Waals surface area contributed by atoms with Gasteiger partial charge in [-0.15, -0.1) is 10.2 Å². The van der Waals surface area contributed by atoms with Crippen molar-refractivity contribution in [3.8, 4) is 10.7 Å². The minimum atomic E-state index is -4.58.